The van der Waals surface area contributed by atoms with Gasteiger partial charge in [0, 0.05) is 17.2 Å². The molecule has 1 aliphatic heterocycles. The minimum absolute atomic E-state index is 0.0328. The SMILES string of the molecule is OCCCC/C(CCl)=N\NC1=Nc2ccc(Cl)cc2C(c2c(F)cccc2F)=NC1. The number of aliphatic hydroxyl groups excluding tert-OH is 1. The predicted molar refractivity (Wildman–Crippen MR) is 118 cm³/mol. The van der Waals surface area contributed by atoms with Crippen LogP contribution in [-0.2, 0) is 0 Å². The summed E-state index contributed by atoms with van der Waals surface area (Å²) < 4.78 is 28.9. The lowest BCUT2D eigenvalue weighted by molar-refractivity contribution is 0.285. The van der Waals surface area contributed by atoms with Crippen molar-refractivity contribution in [3.8, 4) is 0 Å². The first kappa shape index (κ1) is 22.3. The summed E-state index contributed by atoms with van der Waals surface area (Å²) >= 11 is 12.1. The van der Waals surface area contributed by atoms with Gasteiger partial charge in [0.05, 0.1) is 35.1 Å². The molecule has 0 radical (unpaired) electrons. The second-order valence-corrected chi connectivity index (χ2v) is 7.29. The van der Waals surface area contributed by atoms with Crippen LogP contribution in [0.3, 0.4) is 0 Å². The fourth-order valence-corrected chi connectivity index (χ4v) is 3.32. The van der Waals surface area contributed by atoms with Crippen molar-refractivity contribution in [3.05, 3.63) is 64.2 Å². The second kappa shape index (κ2) is 10.6. The zero-order valence-electron chi connectivity index (χ0n) is 16.0. The van der Waals surface area contributed by atoms with Gasteiger partial charge in [0.2, 0.25) is 0 Å². The lowest BCUT2D eigenvalue weighted by Gasteiger charge is -2.10. The number of amidine groups is 1. The number of unbranched alkanes of at least 4 members (excludes halogenated alkanes) is 1. The Kier molecular flexibility index (Phi) is 7.90. The van der Waals surface area contributed by atoms with Gasteiger partial charge in [-0.15, -0.1) is 11.6 Å². The van der Waals surface area contributed by atoms with Crippen LogP contribution in [0.1, 0.15) is 30.4 Å². The molecule has 158 valence electrons. The summed E-state index contributed by atoms with van der Waals surface area (Å²) in [5.74, 6) is -0.813. The zero-order chi connectivity index (χ0) is 21.5. The molecule has 0 saturated carbocycles. The number of aliphatic hydroxyl groups is 1. The van der Waals surface area contributed by atoms with Crippen molar-refractivity contribution in [2.75, 3.05) is 19.0 Å². The summed E-state index contributed by atoms with van der Waals surface area (Å²) in [6, 6.07) is 8.54. The minimum atomic E-state index is -0.720. The van der Waals surface area contributed by atoms with Crippen LogP contribution in [0, 0.1) is 11.6 Å². The summed E-state index contributed by atoms with van der Waals surface area (Å²) in [4.78, 5) is 8.92. The lowest BCUT2D eigenvalue weighted by Crippen LogP contribution is -2.23. The van der Waals surface area contributed by atoms with Crippen molar-refractivity contribution >= 4 is 46.1 Å². The first-order valence-electron chi connectivity index (χ1n) is 9.38. The average molecular weight is 453 g/mol. The fourth-order valence-electron chi connectivity index (χ4n) is 2.95. The van der Waals surface area contributed by atoms with Crippen molar-refractivity contribution in [2.45, 2.75) is 19.3 Å². The number of fused-ring (bicyclic) bond motifs is 1. The highest BCUT2D eigenvalue weighted by Crippen LogP contribution is 2.30. The van der Waals surface area contributed by atoms with Gasteiger partial charge in [0.1, 0.15) is 17.5 Å². The quantitative estimate of drug-likeness (QED) is 0.273. The molecule has 2 aromatic carbocycles. The molecular formula is C21H20Cl2F2N4O. The van der Waals surface area contributed by atoms with Crippen LogP contribution in [-0.4, -0.2) is 41.4 Å². The standard InChI is InChI=1S/C21H20Cl2F2N4O/c22-11-14(4-1-2-9-30)28-29-19-12-26-21(20-16(24)5-3-6-17(20)25)15-10-13(23)7-8-18(15)27-19/h3,5-8,10,30H,1-2,4,9,11-12H2,(H,27,29)/b28-14+. The van der Waals surface area contributed by atoms with E-state index in [1.807, 2.05) is 0 Å². The topological polar surface area (TPSA) is 69.3 Å². The Morgan fingerprint density at radius 3 is 2.63 bits per heavy atom. The Bertz CT molecular complexity index is 988. The van der Waals surface area contributed by atoms with E-state index in [0.717, 1.165) is 6.42 Å². The highest BCUT2D eigenvalue weighted by molar-refractivity contribution is 6.31. The maximum atomic E-state index is 14.4. The molecule has 0 bridgehead atoms. The van der Waals surface area contributed by atoms with Crippen LogP contribution in [0.25, 0.3) is 0 Å². The molecule has 0 fully saturated rings. The Hall–Kier alpha value is -2.35. The molecule has 3 rings (SSSR count). The van der Waals surface area contributed by atoms with Gasteiger partial charge >= 0.3 is 0 Å². The van der Waals surface area contributed by atoms with Gasteiger partial charge in [-0.2, -0.15) is 5.10 Å². The number of aliphatic imine (C=N–C) groups is 2. The van der Waals surface area contributed by atoms with Crippen LogP contribution in [0.15, 0.2) is 51.5 Å². The normalized spacial score (nSPS) is 14.0. The summed E-state index contributed by atoms with van der Waals surface area (Å²) in [6.07, 6.45) is 2.05. The van der Waals surface area contributed by atoms with Crippen LogP contribution in [0.2, 0.25) is 5.02 Å². The zero-order valence-corrected chi connectivity index (χ0v) is 17.5. The monoisotopic (exact) mass is 452 g/mol. The summed E-state index contributed by atoms with van der Waals surface area (Å²) in [5, 5.41) is 13.6. The number of alkyl halides is 1. The number of nitrogens with one attached hydrogen (secondary N) is 1. The molecule has 2 aromatic rings. The number of hydrogen-bond donors (Lipinski definition) is 2. The van der Waals surface area contributed by atoms with Gasteiger partial charge in [0.25, 0.3) is 0 Å². The Balaban J connectivity index is 1.95. The summed E-state index contributed by atoms with van der Waals surface area (Å²) in [6.45, 7) is 0.143. The molecule has 5 nitrogen and oxygen atoms in total. The number of benzene rings is 2. The highest BCUT2D eigenvalue weighted by Gasteiger charge is 2.22. The lowest BCUT2D eigenvalue weighted by atomic mass is 9.99. The van der Waals surface area contributed by atoms with E-state index < -0.39 is 11.6 Å². The van der Waals surface area contributed by atoms with Gasteiger partial charge < -0.3 is 5.11 Å². The molecule has 0 spiro atoms. The Morgan fingerprint density at radius 1 is 1.17 bits per heavy atom. The highest BCUT2D eigenvalue weighted by atomic mass is 35.5. The predicted octanol–water partition coefficient (Wildman–Crippen LogP) is 4.85. The number of hydrazone groups is 1. The Morgan fingerprint density at radius 2 is 1.93 bits per heavy atom. The molecule has 0 aromatic heterocycles. The van der Waals surface area contributed by atoms with Crippen molar-refractivity contribution < 1.29 is 13.9 Å². The van der Waals surface area contributed by atoms with Crippen molar-refractivity contribution in [3.63, 3.8) is 0 Å². The number of halogens is 4. The van der Waals surface area contributed by atoms with Crippen molar-refractivity contribution in [2.24, 2.45) is 15.1 Å². The van der Waals surface area contributed by atoms with Crippen LogP contribution in [0.4, 0.5) is 14.5 Å². The maximum Gasteiger partial charge on any atom is 0.144 e. The minimum Gasteiger partial charge on any atom is -0.396 e. The number of rotatable bonds is 7. The smallest absolute Gasteiger partial charge is 0.144 e. The molecule has 0 aliphatic carbocycles. The average Bonchev–Trinajstić information content (AvgIpc) is 2.90. The van der Waals surface area contributed by atoms with Crippen LogP contribution < -0.4 is 5.43 Å². The largest absolute Gasteiger partial charge is 0.396 e. The van der Waals surface area contributed by atoms with Gasteiger partial charge in [-0.25, -0.2) is 13.8 Å². The molecular weight excluding hydrogens is 433 g/mol. The van der Waals surface area contributed by atoms with E-state index in [1.165, 1.54) is 18.2 Å². The molecule has 9 heteroatoms. The molecule has 0 amide bonds. The van der Waals surface area contributed by atoms with Gasteiger partial charge in [-0.05, 0) is 49.6 Å². The molecule has 0 unspecified atom stereocenters. The summed E-state index contributed by atoms with van der Waals surface area (Å²) in [5.41, 5.74) is 4.35. The Labute approximate surface area is 183 Å². The first-order valence-corrected chi connectivity index (χ1v) is 10.3. The fraction of sp³-hybridized carbons (Fsp3) is 0.286. The third-order valence-corrected chi connectivity index (χ3v) is 4.97. The van der Waals surface area contributed by atoms with E-state index in [9.17, 15) is 8.78 Å². The summed E-state index contributed by atoms with van der Waals surface area (Å²) in [7, 11) is 0. The van der Waals surface area contributed by atoms with Crippen LogP contribution in [0.5, 0.6) is 0 Å². The van der Waals surface area contributed by atoms with E-state index in [2.05, 4.69) is 20.5 Å². The van der Waals surface area contributed by atoms with E-state index >= 15 is 0 Å². The first-order chi connectivity index (χ1) is 14.5. The number of nitrogens with zero attached hydrogens (tertiary/aromatic N) is 3. The van der Waals surface area contributed by atoms with Gasteiger partial charge in [0.15, 0.2) is 0 Å². The van der Waals surface area contributed by atoms with Crippen molar-refractivity contribution in [1.82, 2.24) is 5.43 Å². The van der Waals surface area contributed by atoms with E-state index in [1.54, 1.807) is 18.2 Å². The third kappa shape index (κ3) is 5.41. The van der Waals surface area contributed by atoms with E-state index in [0.29, 0.717) is 40.7 Å². The third-order valence-electron chi connectivity index (χ3n) is 4.43. The van der Waals surface area contributed by atoms with E-state index in [4.69, 9.17) is 28.3 Å². The molecule has 0 atom stereocenters. The molecule has 2 N–H and O–H groups in total. The molecule has 0 saturated heterocycles. The number of hydrogen-bond acceptors (Lipinski definition) is 5. The molecule has 30 heavy (non-hydrogen) atoms. The molecule has 1 heterocycles. The van der Waals surface area contributed by atoms with Crippen molar-refractivity contribution in [1.29, 1.82) is 0 Å². The van der Waals surface area contributed by atoms with Gasteiger partial charge in [-0.1, -0.05) is 17.7 Å². The second-order valence-electron chi connectivity index (χ2n) is 6.59. The van der Waals surface area contributed by atoms with E-state index in [-0.39, 0.29) is 30.3 Å². The van der Waals surface area contributed by atoms with Gasteiger partial charge in [-0.3, -0.25) is 10.4 Å². The molecule has 1 aliphatic rings. The maximum absolute atomic E-state index is 14.4. The van der Waals surface area contributed by atoms with Crippen LogP contribution >= 0.6 is 23.2 Å².